The molecular weight excluding hydrogens is 286 g/mol. The highest BCUT2D eigenvalue weighted by atomic mass is 32.2. The van der Waals surface area contributed by atoms with Crippen molar-refractivity contribution < 1.29 is 8.42 Å². The zero-order valence-corrected chi connectivity index (χ0v) is 13.6. The van der Waals surface area contributed by atoms with Crippen LogP contribution in [0.4, 0.5) is 0 Å². The summed E-state index contributed by atoms with van der Waals surface area (Å²) in [5.41, 5.74) is 1.04. The van der Waals surface area contributed by atoms with Crippen LogP contribution in [0.3, 0.4) is 0 Å². The van der Waals surface area contributed by atoms with E-state index in [2.05, 4.69) is 28.8 Å². The average Bonchev–Trinajstić information content (AvgIpc) is 2.48. The van der Waals surface area contributed by atoms with E-state index in [1.165, 1.54) is 0 Å². The van der Waals surface area contributed by atoms with Crippen molar-refractivity contribution in [1.82, 2.24) is 14.9 Å². The molecule has 1 aromatic carbocycles. The fourth-order valence-corrected chi connectivity index (χ4v) is 3.47. The molecule has 1 aromatic rings. The Morgan fingerprint density at radius 1 is 1.29 bits per heavy atom. The van der Waals surface area contributed by atoms with E-state index in [0.717, 1.165) is 38.3 Å². The summed E-state index contributed by atoms with van der Waals surface area (Å²) >= 11 is 0. The predicted octanol–water partition coefficient (Wildman–Crippen LogP) is 0.994. The predicted molar refractivity (Wildman–Crippen MR) is 85.0 cm³/mol. The molecule has 2 rings (SSSR count). The molecule has 1 aliphatic rings. The lowest BCUT2D eigenvalue weighted by Gasteiger charge is -2.27. The second kappa shape index (κ2) is 7.35. The first-order chi connectivity index (χ1) is 9.99. The number of sulfonamides is 1. The van der Waals surface area contributed by atoms with Gasteiger partial charge in [0.25, 0.3) is 0 Å². The highest BCUT2D eigenvalue weighted by Gasteiger charge is 2.16. The lowest BCUT2D eigenvalue weighted by molar-refractivity contribution is 0.245. The molecule has 0 radical (unpaired) electrons. The van der Waals surface area contributed by atoms with E-state index in [0.29, 0.717) is 17.4 Å². The third kappa shape index (κ3) is 4.78. The van der Waals surface area contributed by atoms with Gasteiger partial charge in [-0.1, -0.05) is 26.0 Å². The fourth-order valence-electron chi connectivity index (χ4n) is 2.40. The molecule has 21 heavy (non-hydrogen) atoms. The van der Waals surface area contributed by atoms with Crippen LogP contribution in [0.2, 0.25) is 0 Å². The number of nitrogens with zero attached hydrogens (tertiary/aromatic N) is 1. The summed E-state index contributed by atoms with van der Waals surface area (Å²) in [7, 11) is -3.41. The second-order valence-electron chi connectivity index (χ2n) is 5.72. The largest absolute Gasteiger partial charge is 0.314 e. The van der Waals surface area contributed by atoms with Gasteiger partial charge in [-0.15, -0.1) is 0 Å². The van der Waals surface area contributed by atoms with E-state index in [9.17, 15) is 8.42 Å². The van der Waals surface area contributed by atoms with Crippen molar-refractivity contribution in [1.29, 1.82) is 0 Å². The highest BCUT2D eigenvalue weighted by molar-refractivity contribution is 7.89. The van der Waals surface area contributed by atoms with Gasteiger partial charge in [-0.05, 0) is 23.6 Å². The van der Waals surface area contributed by atoms with Crippen LogP contribution in [0.15, 0.2) is 29.2 Å². The summed E-state index contributed by atoms with van der Waals surface area (Å²) in [4.78, 5) is 2.62. The summed E-state index contributed by atoms with van der Waals surface area (Å²) in [5, 5.41) is 3.28. The van der Waals surface area contributed by atoms with Crippen LogP contribution >= 0.6 is 0 Å². The van der Waals surface area contributed by atoms with E-state index in [1.54, 1.807) is 18.2 Å². The van der Waals surface area contributed by atoms with Gasteiger partial charge in [-0.2, -0.15) is 0 Å². The van der Waals surface area contributed by atoms with Crippen LogP contribution in [0.25, 0.3) is 0 Å². The topological polar surface area (TPSA) is 61.4 Å². The Morgan fingerprint density at radius 3 is 2.67 bits per heavy atom. The first-order valence-corrected chi connectivity index (χ1v) is 9.00. The zero-order chi connectivity index (χ0) is 15.3. The van der Waals surface area contributed by atoms with Crippen LogP contribution in [0, 0.1) is 0 Å². The van der Waals surface area contributed by atoms with Gasteiger partial charge in [0.15, 0.2) is 0 Å². The normalized spacial score (nSPS) is 17.3. The Labute approximate surface area is 127 Å². The molecule has 1 fully saturated rings. The Kier molecular flexibility index (Phi) is 5.75. The van der Waals surface area contributed by atoms with Crippen LogP contribution in [0.5, 0.6) is 0 Å². The standard InChI is InChI=1S/C15H25N3O2S/c1-13(2)14-4-3-5-15(12-14)21(19,20)17-8-11-18-9-6-16-7-10-18/h3-5,12-13,16-17H,6-11H2,1-2H3. The van der Waals surface area contributed by atoms with Crippen LogP contribution in [-0.2, 0) is 10.0 Å². The molecule has 0 unspecified atom stereocenters. The minimum absolute atomic E-state index is 0.320. The van der Waals surface area contributed by atoms with Crippen molar-refractivity contribution in [3.05, 3.63) is 29.8 Å². The van der Waals surface area contributed by atoms with Crippen molar-refractivity contribution in [3.63, 3.8) is 0 Å². The Morgan fingerprint density at radius 2 is 2.00 bits per heavy atom. The van der Waals surface area contributed by atoms with Gasteiger partial charge in [-0.25, -0.2) is 13.1 Å². The lowest BCUT2D eigenvalue weighted by Crippen LogP contribution is -2.46. The van der Waals surface area contributed by atoms with E-state index in [-0.39, 0.29) is 0 Å². The minimum atomic E-state index is -3.41. The van der Waals surface area contributed by atoms with Crippen molar-refractivity contribution in [3.8, 4) is 0 Å². The van der Waals surface area contributed by atoms with Gasteiger partial charge < -0.3 is 5.32 Å². The summed E-state index contributed by atoms with van der Waals surface area (Å²) in [5.74, 6) is 0.320. The summed E-state index contributed by atoms with van der Waals surface area (Å²) < 4.78 is 27.3. The van der Waals surface area contributed by atoms with Crippen molar-refractivity contribution in [2.75, 3.05) is 39.3 Å². The van der Waals surface area contributed by atoms with Crippen LogP contribution in [-0.4, -0.2) is 52.6 Å². The van der Waals surface area contributed by atoms with Gasteiger partial charge >= 0.3 is 0 Å². The molecule has 0 amide bonds. The maximum absolute atomic E-state index is 12.3. The number of rotatable bonds is 6. The lowest BCUT2D eigenvalue weighted by atomic mass is 10.0. The van der Waals surface area contributed by atoms with Crippen LogP contribution < -0.4 is 10.0 Å². The molecule has 0 bridgehead atoms. The van der Waals surface area contributed by atoms with Gasteiger partial charge in [-0.3, -0.25) is 4.90 Å². The molecule has 0 spiro atoms. The summed E-state index contributed by atoms with van der Waals surface area (Å²) in [6, 6.07) is 7.18. The van der Waals surface area contributed by atoms with Gasteiger partial charge in [0.2, 0.25) is 10.0 Å². The third-order valence-electron chi connectivity index (χ3n) is 3.76. The Balaban J connectivity index is 1.93. The monoisotopic (exact) mass is 311 g/mol. The van der Waals surface area contributed by atoms with Crippen molar-refractivity contribution >= 4 is 10.0 Å². The van der Waals surface area contributed by atoms with E-state index in [4.69, 9.17) is 0 Å². The van der Waals surface area contributed by atoms with Crippen molar-refractivity contribution in [2.24, 2.45) is 0 Å². The average molecular weight is 311 g/mol. The highest BCUT2D eigenvalue weighted by Crippen LogP contribution is 2.18. The number of hydrogen-bond acceptors (Lipinski definition) is 4. The maximum atomic E-state index is 12.3. The SMILES string of the molecule is CC(C)c1cccc(S(=O)(=O)NCCN2CCNCC2)c1. The quantitative estimate of drug-likeness (QED) is 0.822. The van der Waals surface area contributed by atoms with Crippen molar-refractivity contribution in [2.45, 2.75) is 24.7 Å². The molecule has 1 saturated heterocycles. The third-order valence-corrected chi connectivity index (χ3v) is 5.22. The molecule has 0 saturated carbocycles. The van der Waals surface area contributed by atoms with E-state index >= 15 is 0 Å². The molecule has 0 aromatic heterocycles. The fraction of sp³-hybridized carbons (Fsp3) is 0.600. The van der Waals surface area contributed by atoms with Gasteiger partial charge in [0.05, 0.1) is 4.90 Å². The molecule has 118 valence electrons. The molecule has 5 nitrogen and oxygen atoms in total. The number of benzene rings is 1. The summed E-state index contributed by atoms with van der Waals surface area (Å²) in [6.07, 6.45) is 0. The second-order valence-corrected chi connectivity index (χ2v) is 7.48. The van der Waals surface area contributed by atoms with Crippen LogP contribution in [0.1, 0.15) is 25.3 Å². The molecule has 0 atom stereocenters. The number of hydrogen-bond donors (Lipinski definition) is 2. The van der Waals surface area contributed by atoms with Gasteiger partial charge in [0, 0.05) is 39.3 Å². The summed E-state index contributed by atoms with van der Waals surface area (Å²) in [6.45, 7) is 9.23. The van der Waals surface area contributed by atoms with Gasteiger partial charge in [0.1, 0.15) is 0 Å². The number of nitrogens with one attached hydrogen (secondary N) is 2. The molecule has 2 N–H and O–H groups in total. The minimum Gasteiger partial charge on any atom is -0.314 e. The Bertz CT molecular complexity index is 552. The van der Waals surface area contributed by atoms with E-state index < -0.39 is 10.0 Å². The molecule has 1 aliphatic heterocycles. The molecule has 6 heteroatoms. The first-order valence-electron chi connectivity index (χ1n) is 7.52. The zero-order valence-electron chi connectivity index (χ0n) is 12.8. The molecular formula is C15H25N3O2S. The smallest absolute Gasteiger partial charge is 0.240 e. The number of piperazine rings is 1. The Hall–Kier alpha value is -0.950. The maximum Gasteiger partial charge on any atom is 0.240 e. The molecule has 0 aliphatic carbocycles. The molecule has 1 heterocycles. The first kappa shape index (κ1) is 16.4. The van der Waals surface area contributed by atoms with E-state index in [1.807, 2.05) is 6.07 Å².